The average molecular weight is 1440 g/mol. The lowest BCUT2D eigenvalue weighted by Crippen LogP contribution is -2.73. The van der Waals surface area contributed by atoms with Crippen molar-refractivity contribution in [1.82, 2.24) is 0 Å². The number of benzene rings is 4. The van der Waals surface area contributed by atoms with Gasteiger partial charge in [-0.25, -0.2) is 0 Å². The Balaban J connectivity index is 1.04. The molecule has 4 aromatic rings. The first kappa shape index (κ1) is 77.3. The Morgan fingerprint density at radius 1 is 0.520 bits per heavy atom. The van der Waals surface area contributed by atoms with E-state index in [1.807, 2.05) is 0 Å². The molecule has 6 fully saturated rings. The van der Waals surface area contributed by atoms with Crippen LogP contribution in [0.2, 0.25) is 46.3 Å². The molecular formula is C85H126O11Si4. The molecule has 11 nitrogen and oxygen atoms in total. The highest BCUT2D eigenvalue weighted by atomic mass is 28.4. The van der Waals surface area contributed by atoms with Crippen molar-refractivity contribution in [2.75, 3.05) is 6.61 Å². The molecule has 0 spiro atoms. The molecule has 6 saturated heterocycles. The van der Waals surface area contributed by atoms with Gasteiger partial charge in [-0.1, -0.05) is 250 Å². The summed E-state index contributed by atoms with van der Waals surface area (Å²) in [5, 5.41) is 4.07. The fraction of sp³-hybridized carbons (Fsp3) is 0.635. The highest BCUT2D eigenvalue weighted by molar-refractivity contribution is 7.00. The molecule has 0 aliphatic carbocycles. The van der Waals surface area contributed by atoms with Gasteiger partial charge in [0.05, 0.1) is 61.0 Å². The Kier molecular flexibility index (Phi) is 24.5. The third kappa shape index (κ3) is 16.3. The predicted octanol–water partition coefficient (Wildman–Crippen LogP) is 17.0. The first-order valence-electron chi connectivity index (χ1n) is 38.8. The van der Waals surface area contributed by atoms with Gasteiger partial charge in [-0.15, -0.1) is 0 Å². The van der Waals surface area contributed by atoms with Gasteiger partial charge in [-0.2, -0.15) is 0 Å². The topological polar surface area (TPSA) is 109 Å². The molecule has 11 rings (SSSR count). The monoisotopic (exact) mass is 1430 g/mol. The molecule has 7 heterocycles. The first-order chi connectivity index (χ1) is 47.4. The largest absolute Gasteiger partial charge is 0.417 e. The number of ketones is 1. The van der Waals surface area contributed by atoms with Gasteiger partial charge in [-0.3, -0.25) is 4.79 Å². The Morgan fingerprint density at radius 2 is 1.04 bits per heavy atom. The zero-order valence-corrected chi connectivity index (χ0v) is 68.2. The van der Waals surface area contributed by atoms with Crippen LogP contribution in [0.15, 0.2) is 158 Å². The smallest absolute Gasteiger partial charge is 0.261 e. The quantitative estimate of drug-likeness (QED) is 0.0702. The first-order valence-corrected chi connectivity index (χ1v) is 48.1. The molecule has 4 aromatic carbocycles. The van der Waals surface area contributed by atoms with Crippen molar-refractivity contribution in [2.24, 2.45) is 23.7 Å². The van der Waals surface area contributed by atoms with Gasteiger partial charge in [0.15, 0.2) is 16.6 Å². The summed E-state index contributed by atoms with van der Waals surface area (Å²) in [5.74, 6) is 0.824. The molecular weight excluding hydrogens is 1310 g/mol. The molecule has 8 bridgehead atoms. The molecule has 7 aliphatic rings. The number of hydrogen-bond donors (Lipinski definition) is 0. The van der Waals surface area contributed by atoms with Crippen LogP contribution in [-0.4, -0.2) is 137 Å². The molecule has 0 saturated carbocycles. The summed E-state index contributed by atoms with van der Waals surface area (Å²) in [5.41, 5.74) is 2.24. The van der Waals surface area contributed by atoms with Crippen LogP contribution in [0.1, 0.15) is 174 Å². The normalized spacial score (nSPS) is 32.9. The lowest BCUT2D eigenvalue weighted by Gasteiger charge is -2.53. The number of Topliss-reactive ketones (excluding diaryl/α,β-unsaturated/α-hetero) is 1. The molecule has 0 N–H and O–H groups in total. The van der Waals surface area contributed by atoms with E-state index in [1.54, 1.807) is 0 Å². The van der Waals surface area contributed by atoms with E-state index in [2.05, 4.69) is 250 Å². The highest BCUT2D eigenvalue weighted by Crippen LogP contribution is 2.51. The van der Waals surface area contributed by atoms with Gasteiger partial charge in [0.2, 0.25) is 0 Å². The molecule has 15 heteroatoms. The van der Waals surface area contributed by atoms with Crippen molar-refractivity contribution >= 4 is 59.8 Å². The zero-order chi connectivity index (χ0) is 71.7. The van der Waals surface area contributed by atoms with Crippen molar-refractivity contribution in [1.29, 1.82) is 0 Å². The second kappa shape index (κ2) is 31.7. The maximum Gasteiger partial charge on any atom is 0.261 e. The van der Waals surface area contributed by atoms with Gasteiger partial charge >= 0.3 is 0 Å². The molecule has 0 aromatic heterocycles. The zero-order valence-electron chi connectivity index (χ0n) is 64.2. The lowest BCUT2D eigenvalue weighted by molar-refractivity contribution is -0.254. The van der Waals surface area contributed by atoms with Crippen molar-refractivity contribution in [2.45, 2.75) is 312 Å². The summed E-state index contributed by atoms with van der Waals surface area (Å²) in [4.78, 5) is 15.6. The van der Waals surface area contributed by atoms with Crippen LogP contribution in [0.25, 0.3) is 0 Å². The van der Waals surface area contributed by atoms with Gasteiger partial charge in [-0.05, 0) is 140 Å². The van der Waals surface area contributed by atoms with E-state index in [9.17, 15) is 0 Å². The summed E-state index contributed by atoms with van der Waals surface area (Å²) in [6.45, 7) is 49.7. The highest BCUT2D eigenvalue weighted by Gasteiger charge is 2.65. The molecule has 5 unspecified atom stereocenters. The fourth-order valence-electron chi connectivity index (χ4n) is 18.1. The van der Waals surface area contributed by atoms with Gasteiger partial charge in [0, 0.05) is 38.7 Å². The van der Waals surface area contributed by atoms with E-state index in [4.69, 9.17) is 59.3 Å². The Bertz CT molecular complexity index is 3270. The molecule has 19 atom stereocenters. The Morgan fingerprint density at radius 3 is 1.57 bits per heavy atom. The maximum absolute atomic E-state index is 15.6. The third-order valence-corrected chi connectivity index (χ3v) is 44.5. The second-order valence-electron chi connectivity index (χ2n) is 35.0. The van der Waals surface area contributed by atoms with Gasteiger partial charge < -0.3 is 46.1 Å². The number of carbonyl (C=O) groups is 1. The second-order valence-corrected chi connectivity index (χ2v) is 53.0. The van der Waals surface area contributed by atoms with Crippen LogP contribution >= 0.6 is 0 Å². The molecule has 0 radical (unpaired) electrons. The van der Waals surface area contributed by atoms with E-state index < -0.39 is 81.0 Å². The van der Waals surface area contributed by atoms with Crippen LogP contribution in [0.5, 0.6) is 0 Å². The maximum atomic E-state index is 15.6. The number of ether oxygens (including phenoxy) is 6. The summed E-state index contributed by atoms with van der Waals surface area (Å²) in [6.07, 6.45) is 6.47. The molecule has 7 aliphatic heterocycles. The molecule has 100 heavy (non-hydrogen) atoms. The summed E-state index contributed by atoms with van der Waals surface area (Å²) < 4.78 is 77.2. The number of hydrogen-bond acceptors (Lipinski definition) is 11. The van der Waals surface area contributed by atoms with E-state index >= 15 is 4.79 Å². The summed E-state index contributed by atoms with van der Waals surface area (Å²) >= 11 is 0. The number of fused-ring (bicyclic) bond motifs is 7. The van der Waals surface area contributed by atoms with E-state index in [-0.39, 0.29) is 94.8 Å². The minimum atomic E-state index is -3.38. The SMILES string of the molecule is C=C1CC2/C=C/C(O[Si](CC)(CC)CC)C[C@H]3O[C@H]4[C@@H](O[Si](c5ccccc5)(c5ccccc5)C(C)(C)C)[C@H]5O[C@H](CC[C@@H]5O[C@H]4[C@H]3O[Si](c3ccccc3)(c3ccccc3)C(C)(C)C)CC(=O)CC3[C@H](CC4O[C@@H](CCC1O2)C[C@@H](C)C4=C)O[C@H](C[C@H](C)CO[Si](C)(C)C(C)(C)C)[C@@H]3C. The van der Waals surface area contributed by atoms with Crippen molar-refractivity contribution in [3.8, 4) is 0 Å². The summed E-state index contributed by atoms with van der Waals surface area (Å²) in [6, 6.07) is 46.9. The van der Waals surface area contributed by atoms with E-state index in [0.29, 0.717) is 38.7 Å². The number of carbonyl (C=O) groups excluding carboxylic acids is 1. The van der Waals surface area contributed by atoms with Crippen molar-refractivity contribution in [3.63, 3.8) is 0 Å². The summed E-state index contributed by atoms with van der Waals surface area (Å²) in [7, 11) is -11.0. The predicted molar refractivity (Wildman–Crippen MR) is 416 cm³/mol. The minimum Gasteiger partial charge on any atom is -0.417 e. The Hall–Kier alpha value is -3.76. The van der Waals surface area contributed by atoms with Gasteiger partial charge in [0.25, 0.3) is 16.6 Å². The average Bonchev–Trinajstić information content (AvgIpc) is 1.36. The van der Waals surface area contributed by atoms with Crippen LogP contribution in [0.3, 0.4) is 0 Å². The minimum absolute atomic E-state index is 0.0199. The van der Waals surface area contributed by atoms with E-state index in [0.717, 1.165) is 61.4 Å². The molecule has 0 amide bonds. The van der Waals surface area contributed by atoms with Crippen molar-refractivity contribution < 1.29 is 50.9 Å². The van der Waals surface area contributed by atoms with Gasteiger partial charge in [0.1, 0.15) is 36.3 Å². The van der Waals surface area contributed by atoms with Crippen molar-refractivity contribution in [3.05, 3.63) is 158 Å². The fourth-order valence-corrected chi connectivity index (χ4v) is 31.4. The van der Waals surface area contributed by atoms with Crippen LogP contribution in [0, 0.1) is 23.7 Å². The Labute approximate surface area is 607 Å². The third-order valence-electron chi connectivity index (χ3n) is 25.3. The lowest BCUT2D eigenvalue weighted by atomic mass is 9.78. The van der Waals surface area contributed by atoms with Crippen LogP contribution in [-0.2, 0) is 50.9 Å². The van der Waals surface area contributed by atoms with E-state index in [1.165, 1.54) is 20.7 Å². The van der Waals surface area contributed by atoms with Crippen LogP contribution < -0.4 is 20.7 Å². The number of rotatable bonds is 18. The molecule has 548 valence electrons. The van der Waals surface area contributed by atoms with Crippen LogP contribution in [0.4, 0.5) is 0 Å². The standard InChI is InChI=1S/C85H126O11Si4/c1-20-98(21-2,22-3)94-66-44-43-63-51-59(6)72(88-63)47-45-64-50-58(5)60(7)75(89-64)55-76-71(61(8)74(91-76)49-57(4)56-87-97(18,19)83(9,10)11)53-62(86)52-65-46-48-73-78(90-65)82(96-100(85(15,16)17,69-39-31-25-32-40-69)70-41-33-26-34-42-70)81-80(92-73)79(77(54-66)93-81)95-99(84(12,13)14,67-35-27-23-28-36-67)68-37-29-24-30-38-68/h23-44,57-58,61,63-66,71-82H,6-7,20-22,45-56H2,1-5,8-19H3/b44-43+/t57-,58+,61+,63?,64-,65+,66?,71?,72?,73-,74+,75?,76-,77+,78-,79-,80-,81+,82-/m0/s1.